The van der Waals surface area contributed by atoms with Crippen molar-refractivity contribution in [1.82, 2.24) is 20.4 Å². The molecule has 1 atom stereocenters. The molecule has 2 aromatic rings. The molecule has 0 saturated carbocycles. The second-order valence-corrected chi connectivity index (χ2v) is 7.45. The molecule has 4 amide bonds. The first-order chi connectivity index (χ1) is 14.0. The van der Waals surface area contributed by atoms with E-state index in [0.29, 0.717) is 28.7 Å². The number of halogens is 1. The van der Waals surface area contributed by atoms with Crippen LogP contribution in [0.4, 0.5) is 14.3 Å². The van der Waals surface area contributed by atoms with Crippen LogP contribution in [0.2, 0.25) is 0 Å². The number of hydrogen-bond donors (Lipinski definition) is 2. The molecule has 2 N–H and O–H groups in total. The van der Waals surface area contributed by atoms with Crippen LogP contribution in [0, 0.1) is 5.82 Å². The number of methoxy groups -OCH3 is 1. The third-order valence-electron chi connectivity index (χ3n) is 4.26. The molecular formula is C18H20FN5O4S. The van der Waals surface area contributed by atoms with E-state index in [0.717, 1.165) is 4.90 Å². The van der Waals surface area contributed by atoms with Crippen molar-refractivity contribution in [3.05, 3.63) is 40.7 Å². The quantitative estimate of drug-likeness (QED) is 0.596. The summed E-state index contributed by atoms with van der Waals surface area (Å²) in [4.78, 5) is 37.7. The number of urea groups is 1. The Balaban J connectivity index is 1.46. The largest absolute Gasteiger partial charge is 0.377 e. The van der Waals surface area contributed by atoms with Gasteiger partial charge in [0.1, 0.15) is 23.5 Å². The Hall–Kier alpha value is -2.92. The van der Waals surface area contributed by atoms with E-state index < -0.39 is 18.0 Å². The number of carbonyl (C=O) groups is 3. The van der Waals surface area contributed by atoms with Gasteiger partial charge in [0.25, 0.3) is 5.91 Å². The molecule has 0 aliphatic carbocycles. The molecular weight excluding hydrogens is 401 g/mol. The number of carbonyl (C=O) groups excluding carboxylic acids is 3. The molecule has 0 spiro atoms. The molecule has 1 aromatic heterocycles. The van der Waals surface area contributed by atoms with Gasteiger partial charge in [0.05, 0.1) is 0 Å². The lowest BCUT2D eigenvalue weighted by Crippen LogP contribution is -2.33. The molecule has 154 valence electrons. The molecule has 1 aromatic carbocycles. The number of amides is 4. The first kappa shape index (κ1) is 20.8. The topological polar surface area (TPSA) is 114 Å². The highest BCUT2D eigenvalue weighted by molar-refractivity contribution is 7.15. The minimum atomic E-state index is -0.765. The summed E-state index contributed by atoms with van der Waals surface area (Å²) in [6, 6.07) is 4.73. The fourth-order valence-electron chi connectivity index (χ4n) is 2.86. The normalized spacial score (nSPS) is 16.2. The standard InChI is InChI=1S/C18H20FN5O4S/c1-28-10-15-22-23-17(29-15)21-14(25)6-5-13-16(26)24(18(27)20-13)8-7-11-3-2-4-12(19)9-11/h2-4,9,13H,5-8,10H2,1H3,(H,20,27)(H,21,23,25)/t13-/m1/s1. The number of aromatic nitrogens is 2. The zero-order valence-corrected chi connectivity index (χ0v) is 16.5. The maximum absolute atomic E-state index is 13.2. The van der Waals surface area contributed by atoms with E-state index in [1.165, 1.54) is 30.6 Å². The Kier molecular flexibility index (Phi) is 6.83. The van der Waals surface area contributed by atoms with Crippen LogP contribution in [0.5, 0.6) is 0 Å². The second kappa shape index (κ2) is 9.52. The van der Waals surface area contributed by atoms with Gasteiger partial charge in [-0.15, -0.1) is 10.2 Å². The lowest BCUT2D eigenvalue weighted by atomic mass is 10.1. The first-order valence-electron chi connectivity index (χ1n) is 8.93. The zero-order valence-electron chi connectivity index (χ0n) is 15.7. The second-order valence-electron chi connectivity index (χ2n) is 6.39. The minimum absolute atomic E-state index is 0.0353. The maximum Gasteiger partial charge on any atom is 0.324 e. The molecule has 1 aliphatic heterocycles. The molecule has 3 rings (SSSR count). The summed E-state index contributed by atoms with van der Waals surface area (Å²) in [6.45, 7) is 0.450. The van der Waals surface area contributed by atoms with Gasteiger partial charge in [-0.05, 0) is 30.5 Å². The van der Waals surface area contributed by atoms with Crippen LogP contribution in [0.3, 0.4) is 0 Å². The first-order valence-corrected chi connectivity index (χ1v) is 9.75. The van der Waals surface area contributed by atoms with Crippen molar-refractivity contribution < 1.29 is 23.5 Å². The van der Waals surface area contributed by atoms with Crippen LogP contribution in [-0.2, 0) is 27.4 Å². The molecule has 0 unspecified atom stereocenters. The summed E-state index contributed by atoms with van der Waals surface area (Å²) in [5.74, 6) is -1.09. The van der Waals surface area contributed by atoms with Gasteiger partial charge in [0.2, 0.25) is 11.0 Å². The Morgan fingerprint density at radius 2 is 2.21 bits per heavy atom. The SMILES string of the molecule is COCc1nnc(NC(=O)CC[C@H]2NC(=O)N(CCc3cccc(F)c3)C2=O)s1. The molecule has 0 bridgehead atoms. The summed E-state index contributed by atoms with van der Waals surface area (Å²) >= 11 is 1.20. The Bertz CT molecular complexity index is 906. The van der Waals surface area contributed by atoms with Gasteiger partial charge in [-0.25, -0.2) is 9.18 Å². The summed E-state index contributed by atoms with van der Waals surface area (Å²) in [5, 5.41) is 13.9. The van der Waals surface area contributed by atoms with Crippen molar-refractivity contribution in [2.24, 2.45) is 0 Å². The van der Waals surface area contributed by atoms with Crippen molar-refractivity contribution in [3.8, 4) is 0 Å². The van der Waals surface area contributed by atoms with Gasteiger partial charge < -0.3 is 15.4 Å². The maximum atomic E-state index is 13.2. The molecule has 29 heavy (non-hydrogen) atoms. The number of hydrogen-bond acceptors (Lipinski definition) is 7. The molecule has 1 aliphatic rings. The van der Waals surface area contributed by atoms with E-state index in [9.17, 15) is 18.8 Å². The van der Waals surface area contributed by atoms with E-state index >= 15 is 0 Å². The number of nitrogens with one attached hydrogen (secondary N) is 2. The molecule has 2 heterocycles. The van der Waals surface area contributed by atoms with E-state index in [2.05, 4.69) is 20.8 Å². The van der Waals surface area contributed by atoms with Gasteiger partial charge in [-0.2, -0.15) is 0 Å². The Morgan fingerprint density at radius 3 is 2.97 bits per heavy atom. The third kappa shape index (κ3) is 5.55. The van der Waals surface area contributed by atoms with Gasteiger partial charge in [0, 0.05) is 20.1 Å². The minimum Gasteiger partial charge on any atom is -0.377 e. The van der Waals surface area contributed by atoms with Crippen molar-refractivity contribution >= 4 is 34.3 Å². The average molecular weight is 421 g/mol. The highest BCUT2D eigenvalue weighted by atomic mass is 32.1. The van der Waals surface area contributed by atoms with E-state index in [-0.39, 0.29) is 31.1 Å². The summed E-state index contributed by atoms with van der Waals surface area (Å²) in [6.07, 6.45) is 0.551. The molecule has 0 radical (unpaired) electrons. The van der Waals surface area contributed by atoms with Gasteiger partial charge >= 0.3 is 6.03 Å². The monoisotopic (exact) mass is 421 g/mol. The van der Waals surface area contributed by atoms with Crippen LogP contribution in [0.25, 0.3) is 0 Å². The highest BCUT2D eigenvalue weighted by Gasteiger charge is 2.37. The summed E-state index contributed by atoms with van der Waals surface area (Å²) < 4.78 is 18.2. The Morgan fingerprint density at radius 1 is 1.38 bits per heavy atom. The predicted molar refractivity (Wildman–Crippen MR) is 103 cm³/mol. The van der Waals surface area contributed by atoms with Crippen molar-refractivity contribution in [2.45, 2.75) is 31.9 Å². The van der Waals surface area contributed by atoms with Crippen molar-refractivity contribution in [2.75, 3.05) is 19.0 Å². The predicted octanol–water partition coefficient (Wildman–Crippen LogP) is 1.71. The zero-order chi connectivity index (χ0) is 20.8. The average Bonchev–Trinajstić information content (AvgIpc) is 3.23. The van der Waals surface area contributed by atoms with Gasteiger partial charge in [-0.1, -0.05) is 23.5 Å². The number of rotatable bonds is 9. The lowest BCUT2D eigenvalue weighted by Gasteiger charge is -2.13. The molecule has 11 heteroatoms. The van der Waals surface area contributed by atoms with Gasteiger partial charge in [-0.3, -0.25) is 14.5 Å². The number of ether oxygens (including phenoxy) is 1. The highest BCUT2D eigenvalue weighted by Crippen LogP contribution is 2.17. The van der Waals surface area contributed by atoms with Crippen molar-refractivity contribution in [1.29, 1.82) is 0 Å². The fraction of sp³-hybridized carbons (Fsp3) is 0.389. The van der Waals surface area contributed by atoms with Crippen LogP contribution in [-0.4, -0.2) is 52.6 Å². The Labute approximate surface area is 170 Å². The molecule has 9 nitrogen and oxygen atoms in total. The smallest absolute Gasteiger partial charge is 0.324 e. The molecule has 1 fully saturated rings. The van der Waals surface area contributed by atoms with E-state index in [4.69, 9.17) is 4.74 Å². The van der Waals surface area contributed by atoms with Crippen LogP contribution < -0.4 is 10.6 Å². The number of imide groups is 1. The summed E-state index contributed by atoms with van der Waals surface area (Å²) in [7, 11) is 1.54. The summed E-state index contributed by atoms with van der Waals surface area (Å²) in [5.41, 5.74) is 0.693. The fourth-order valence-corrected chi connectivity index (χ4v) is 3.59. The number of anilines is 1. The lowest BCUT2D eigenvalue weighted by molar-refractivity contribution is -0.127. The third-order valence-corrected chi connectivity index (χ3v) is 5.07. The van der Waals surface area contributed by atoms with Crippen LogP contribution >= 0.6 is 11.3 Å². The van der Waals surface area contributed by atoms with Crippen LogP contribution in [0.15, 0.2) is 24.3 Å². The number of benzene rings is 1. The van der Waals surface area contributed by atoms with Crippen molar-refractivity contribution in [3.63, 3.8) is 0 Å². The van der Waals surface area contributed by atoms with Gasteiger partial charge in [0.15, 0.2) is 0 Å². The molecule has 1 saturated heterocycles. The van der Waals surface area contributed by atoms with E-state index in [1.807, 2.05) is 0 Å². The van der Waals surface area contributed by atoms with E-state index in [1.54, 1.807) is 12.1 Å². The number of nitrogens with zero attached hydrogens (tertiary/aromatic N) is 3. The van der Waals surface area contributed by atoms with Crippen LogP contribution in [0.1, 0.15) is 23.4 Å².